The summed E-state index contributed by atoms with van der Waals surface area (Å²) in [6.45, 7) is 1.01. The van der Waals surface area contributed by atoms with E-state index >= 15 is 0 Å². The van der Waals surface area contributed by atoms with Crippen LogP contribution in [-0.4, -0.2) is 36.5 Å². The summed E-state index contributed by atoms with van der Waals surface area (Å²) < 4.78 is 4.97. The molecular weight excluding hydrogens is 353 g/mol. The summed E-state index contributed by atoms with van der Waals surface area (Å²) in [7, 11) is 0. The summed E-state index contributed by atoms with van der Waals surface area (Å²) in [6.07, 6.45) is 3.03. The van der Waals surface area contributed by atoms with E-state index in [0.29, 0.717) is 13.1 Å². The second kappa shape index (κ2) is 7.35. The molecule has 0 aliphatic carbocycles. The van der Waals surface area contributed by atoms with Crippen molar-refractivity contribution in [2.45, 2.75) is 19.3 Å². The molecule has 1 aliphatic rings. The van der Waals surface area contributed by atoms with Crippen molar-refractivity contribution in [1.82, 2.24) is 4.90 Å². The molecular formula is C13H15Cl3N3O3+. The average Bonchev–Trinajstić information content (AvgIpc) is 2.54. The predicted octanol–water partition coefficient (Wildman–Crippen LogP) is 2.21. The summed E-state index contributed by atoms with van der Waals surface area (Å²) >= 11 is 17.5. The maximum absolute atomic E-state index is 12.0. The number of ether oxygens (including phenoxy) is 1. The number of likely N-dealkylation sites (tertiary alicyclic amines) is 1. The average molecular weight is 368 g/mol. The van der Waals surface area contributed by atoms with E-state index in [1.807, 2.05) is 0 Å². The Morgan fingerprint density at radius 3 is 2.41 bits per heavy atom. The number of anilines is 1. The van der Waals surface area contributed by atoms with Crippen LogP contribution in [0.5, 0.6) is 0 Å². The highest BCUT2D eigenvalue weighted by Crippen LogP contribution is 2.32. The SMILES string of the molecule is Nc1c(Cl)c(Cl)[nH+]c(C(=O)OCC(=O)N2CCCCC2)c1Cl. The molecule has 0 atom stereocenters. The number of hydrogen-bond acceptors (Lipinski definition) is 4. The fourth-order valence-corrected chi connectivity index (χ4v) is 2.75. The highest BCUT2D eigenvalue weighted by atomic mass is 35.5. The minimum atomic E-state index is -0.819. The van der Waals surface area contributed by atoms with Crippen molar-refractivity contribution in [3.05, 3.63) is 20.9 Å². The molecule has 3 N–H and O–H groups in total. The Hall–Kier alpha value is -1.24. The van der Waals surface area contributed by atoms with Crippen molar-refractivity contribution in [3.8, 4) is 0 Å². The van der Waals surface area contributed by atoms with E-state index in [4.69, 9.17) is 45.3 Å². The highest BCUT2D eigenvalue weighted by Gasteiger charge is 2.28. The van der Waals surface area contributed by atoms with Gasteiger partial charge in [0.1, 0.15) is 10.0 Å². The summed E-state index contributed by atoms with van der Waals surface area (Å²) in [5, 5.41) is -0.102. The first-order chi connectivity index (χ1) is 10.4. The van der Waals surface area contributed by atoms with E-state index in [0.717, 1.165) is 19.3 Å². The van der Waals surface area contributed by atoms with E-state index in [9.17, 15) is 9.59 Å². The third-order valence-corrected chi connectivity index (χ3v) is 4.52. The zero-order valence-corrected chi connectivity index (χ0v) is 13.9. The Bertz CT molecular complexity index is 604. The number of halogens is 3. The van der Waals surface area contributed by atoms with Gasteiger partial charge in [-0.2, -0.15) is 4.98 Å². The monoisotopic (exact) mass is 366 g/mol. The van der Waals surface area contributed by atoms with Crippen LogP contribution in [0.2, 0.25) is 15.2 Å². The largest absolute Gasteiger partial charge is 0.448 e. The maximum Gasteiger partial charge on any atom is 0.405 e. The number of aromatic nitrogens is 1. The number of aromatic amines is 1. The molecule has 6 nitrogen and oxygen atoms in total. The quantitative estimate of drug-likeness (QED) is 0.655. The molecule has 22 heavy (non-hydrogen) atoms. The number of pyridine rings is 1. The lowest BCUT2D eigenvalue weighted by molar-refractivity contribution is -0.380. The normalized spacial score (nSPS) is 14.8. The molecule has 0 unspecified atom stereocenters. The summed E-state index contributed by atoms with van der Waals surface area (Å²) in [5.41, 5.74) is 5.48. The molecule has 0 bridgehead atoms. The number of carbonyl (C=O) groups is 2. The molecule has 1 saturated heterocycles. The number of nitrogen functional groups attached to an aromatic ring is 1. The van der Waals surface area contributed by atoms with Gasteiger partial charge in [0, 0.05) is 13.1 Å². The fourth-order valence-electron chi connectivity index (χ4n) is 2.14. The molecule has 1 amide bonds. The Labute approximate surface area is 142 Å². The van der Waals surface area contributed by atoms with Crippen LogP contribution in [0.15, 0.2) is 0 Å². The van der Waals surface area contributed by atoms with E-state index in [1.165, 1.54) is 0 Å². The molecule has 1 aromatic heterocycles. The zero-order valence-electron chi connectivity index (χ0n) is 11.6. The van der Waals surface area contributed by atoms with Gasteiger partial charge >= 0.3 is 11.7 Å². The van der Waals surface area contributed by atoms with Gasteiger partial charge in [0.15, 0.2) is 6.61 Å². The number of rotatable bonds is 3. The van der Waals surface area contributed by atoms with Gasteiger partial charge in [-0.15, -0.1) is 0 Å². The first kappa shape index (κ1) is 17.1. The lowest BCUT2D eigenvalue weighted by Gasteiger charge is -2.26. The van der Waals surface area contributed by atoms with Crippen LogP contribution in [0.1, 0.15) is 29.8 Å². The predicted molar refractivity (Wildman–Crippen MR) is 83.2 cm³/mol. The number of nitrogens with one attached hydrogen (secondary N) is 1. The second-order valence-electron chi connectivity index (χ2n) is 4.87. The molecule has 120 valence electrons. The Balaban J connectivity index is 2.02. The number of carbonyl (C=O) groups excluding carboxylic acids is 2. The molecule has 0 aromatic carbocycles. The van der Waals surface area contributed by atoms with Crippen LogP contribution in [0, 0.1) is 0 Å². The van der Waals surface area contributed by atoms with E-state index < -0.39 is 5.97 Å². The molecule has 0 spiro atoms. The van der Waals surface area contributed by atoms with Crippen LogP contribution in [-0.2, 0) is 9.53 Å². The highest BCUT2D eigenvalue weighted by molar-refractivity contribution is 6.45. The van der Waals surface area contributed by atoms with Crippen molar-refractivity contribution in [1.29, 1.82) is 0 Å². The number of esters is 1. The number of nitrogens with two attached hydrogens (primary N) is 1. The molecule has 1 aromatic rings. The Morgan fingerprint density at radius 2 is 1.77 bits per heavy atom. The van der Waals surface area contributed by atoms with Crippen molar-refractivity contribution in [3.63, 3.8) is 0 Å². The molecule has 0 radical (unpaired) electrons. The smallest absolute Gasteiger partial charge is 0.405 e. The minimum Gasteiger partial charge on any atom is -0.448 e. The lowest BCUT2D eigenvalue weighted by Crippen LogP contribution is -2.38. The first-order valence-electron chi connectivity index (χ1n) is 6.72. The molecule has 1 aliphatic heterocycles. The van der Waals surface area contributed by atoms with Gasteiger partial charge in [-0.25, -0.2) is 4.79 Å². The minimum absolute atomic E-state index is 0.0209. The standard InChI is InChI=1S/C13H14Cl3N3O3/c14-8-10(17)9(15)12(16)18-11(8)13(21)22-6-7(20)19-4-2-1-3-5-19/h1-6H2,(H2,17,18)/p+1. The first-order valence-corrected chi connectivity index (χ1v) is 7.85. The van der Waals surface area contributed by atoms with E-state index in [1.54, 1.807) is 4.90 Å². The fraction of sp³-hybridized carbons (Fsp3) is 0.462. The van der Waals surface area contributed by atoms with Gasteiger partial charge in [-0.05, 0) is 30.9 Å². The van der Waals surface area contributed by atoms with Crippen LogP contribution >= 0.6 is 34.8 Å². The van der Waals surface area contributed by atoms with Crippen molar-refractivity contribution < 1.29 is 19.3 Å². The molecule has 2 rings (SSSR count). The second-order valence-corrected chi connectivity index (χ2v) is 6.01. The van der Waals surface area contributed by atoms with E-state index in [-0.39, 0.29) is 39.1 Å². The summed E-state index contributed by atoms with van der Waals surface area (Å²) in [4.78, 5) is 28.1. The number of piperidine rings is 1. The van der Waals surface area contributed by atoms with Crippen molar-refractivity contribution >= 4 is 52.4 Å². The number of amides is 1. The topological polar surface area (TPSA) is 86.8 Å². The molecule has 9 heteroatoms. The number of hydrogen-bond donors (Lipinski definition) is 1. The van der Waals surface area contributed by atoms with Crippen molar-refractivity contribution in [2.75, 3.05) is 25.4 Å². The zero-order chi connectivity index (χ0) is 16.3. The van der Waals surface area contributed by atoms with Gasteiger partial charge < -0.3 is 15.4 Å². The molecule has 1 fully saturated rings. The van der Waals surface area contributed by atoms with Crippen molar-refractivity contribution in [2.24, 2.45) is 0 Å². The van der Waals surface area contributed by atoms with Crippen LogP contribution in [0.25, 0.3) is 0 Å². The summed E-state index contributed by atoms with van der Waals surface area (Å²) in [6, 6.07) is 0. The Morgan fingerprint density at radius 1 is 1.14 bits per heavy atom. The molecule has 0 saturated carbocycles. The third kappa shape index (κ3) is 3.74. The third-order valence-electron chi connectivity index (χ3n) is 3.36. The lowest BCUT2D eigenvalue weighted by atomic mass is 10.1. The van der Waals surface area contributed by atoms with E-state index in [2.05, 4.69) is 4.98 Å². The number of H-pyrrole nitrogens is 1. The van der Waals surface area contributed by atoms with Gasteiger partial charge in [-0.1, -0.05) is 23.2 Å². The Kier molecular flexibility index (Phi) is 5.72. The van der Waals surface area contributed by atoms with Gasteiger partial charge in [0.05, 0.1) is 5.69 Å². The van der Waals surface area contributed by atoms with Crippen LogP contribution < -0.4 is 10.7 Å². The van der Waals surface area contributed by atoms with Gasteiger partial charge in [0.2, 0.25) is 0 Å². The van der Waals surface area contributed by atoms with Gasteiger partial charge in [0.25, 0.3) is 11.1 Å². The summed E-state index contributed by atoms with van der Waals surface area (Å²) in [5.74, 6) is -1.06. The van der Waals surface area contributed by atoms with Crippen LogP contribution in [0.4, 0.5) is 5.69 Å². The van der Waals surface area contributed by atoms with Crippen LogP contribution in [0.3, 0.4) is 0 Å². The maximum atomic E-state index is 12.0. The number of nitrogens with zero attached hydrogens (tertiary/aromatic N) is 1. The van der Waals surface area contributed by atoms with Gasteiger partial charge in [-0.3, -0.25) is 4.79 Å². The molecule has 2 heterocycles.